The van der Waals surface area contributed by atoms with Crippen LogP contribution in [0.5, 0.6) is 0 Å². The van der Waals surface area contributed by atoms with Crippen LogP contribution >= 0.6 is 0 Å². The molecule has 0 fully saturated rings. The molecule has 7 nitrogen and oxygen atoms in total. The average Bonchev–Trinajstić information content (AvgIpc) is 3.28. The third kappa shape index (κ3) is 5.42. The number of carbonyl (C=O) groups excluding carboxylic acids is 1. The number of benzene rings is 2. The highest BCUT2D eigenvalue weighted by Gasteiger charge is 2.12. The minimum absolute atomic E-state index is 0.0209. The number of aromatic nitrogens is 3. The van der Waals surface area contributed by atoms with Crippen molar-refractivity contribution in [1.82, 2.24) is 14.8 Å². The highest BCUT2D eigenvalue weighted by molar-refractivity contribution is 7.92. The topological polar surface area (TPSA) is 94.0 Å². The zero-order valence-electron chi connectivity index (χ0n) is 17.9. The summed E-state index contributed by atoms with van der Waals surface area (Å²) in [6, 6.07) is 19.8. The zero-order chi connectivity index (χ0) is 23.3. The predicted molar refractivity (Wildman–Crippen MR) is 130 cm³/mol. The first-order chi connectivity index (χ1) is 15.9. The Morgan fingerprint density at radius 3 is 2.36 bits per heavy atom. The number of carbonyl (C=O) groups is 1. The number of anilines is 1. The zero-order valence-corrected chi connectivity index (χ0v) is 18.7. The SMILES string of the molecule is CCS(=O)(=O)Nc1ccc(C(=O)/C=C/c2cn(-c3ccccc3)nc2-c2ccncc2)cc1. The number of nitrogens with one attached hydrogen (secondary N) is 1. The summed E-state index contributed by atoms with van der Waals surface area (Å²) in [6.45, 7) is 1.56. The van der Waals surface area contributed by atoms with Crippen LogP contribution < -0.4 is 4.72 Å². The molecule has 4 rings (SSSR count). The molecule has 2 aromatic carbocycles. The lowest BCUT2D eigenvalue weighted by atomic mass is 10.1. The lowest BCUT2D eigenvalue weighted by molar-refractivity contribution is 0.104. The van der Waals surface area contributed by atoms with Gasteiger partial charge < -0.3 is 0 Å². The molecule has 8 heteroatoms. The number of hydrogen-bond acceptors (Lipinski definition) is 5. The average molecular weight is 459 g/mol. The van der Waals surface area contributed by atoms with Gasteiger partial charge in [-0.2, -0.15) is 5.10 Å². The van der Waals surface area contributed by atoms with E-state index < -0.39 is 10.0 Å². The van der Waals surface area contributed by atoms with Crippen LogP contribution in [0, 0.1) is 0 Å². The number of rotatable bonds is 8. The van der Waals surface area contributed by atoms with Crippen LogP contribution in [0.25, 0.3) is 23.0 Å². The highest BCUT2D eigenvalue weighted by atomic mass is 32.2. The molecule has 0 saturated heterocycles. The summed E-state index contributed by atoms with van der Waals surface area (Å²) in [5.74, 6) is -0.222. The predicted octanol–water partition coefficient (Wildman–Crippen LogP) is 4.59. The number of ketones is 1. The molecule has 0 aliphatic heterocycles. The van der Waals surface area contributed by atoms with Gasteiger partial charge in [0.1, 0.15) is 5.69 Å². The molecule has 0 spiro atoms. The van der Waals surface area contributed by atoms with Crippen molar-refractivity contribution in [1.29, 1.82) is 0 Å². The van der Waals surface area contributed by atoms with Crippen LogP contribution in [-0.2, 0) is 10.0 Å². The van der Waals surface area contributed by atoms with Crippen LogP contribution in [0.1, 0.15) is 22.8 Å². The van der Waals surface area contributed by atoms with Gasteiger partial charge in [0.15, 0.2) is 5.78 Å². The second kappa shape index (κ2) is 9.62. The number of nitrogens with zero attached hydrogens (tertiary/aromatic N) is 3. The Bertz CT molecular complexity index is 1380. The fourth-order valence-corrected chi connectivity index (χ4v) is 3.81. The summed E-state index contributed by atoms with van der Waals surface area (Å²) in [4.78, 5) is 16.8. The monoisotopic (exact) mass is 458 g/mol. The minimum Gasteiger partial charge on any atom is -0.289 e. The van der Waals surface area contributed by atoms with Gasteiger partial charge in [-0.3, -0.25) is 14.5 Å². The molecule has 166 valence electrons. The van der Waals surface area contributed by atoms with E-state index in [0.29, 0.717) is 11.3 Å². The Labute approximate surface area is 192 Å². The standard InChI is InChI=1S/C25H22N4O3S/c1-2-33(31,32)28-22-11-8-19(9-12-22)24(30)13-10-21-18-29(23-6-4-3-5-7-23)27-25(21)20-14-16-26-17-15-20/h3-18,28H,2H2,1H3/b13-10+. The maximum atomic E-state index is 12.7. The Morgan fingerprint density at radius 1 is 1.00 bits per heavy atom. The van der Waals surface area contributed by atoms with Gasteiger partial charge in [0.2, 0.25) is 10.0 Å². The van der Waals surface area contributed by atoms with Crippen molar-refractivity contribution in [3.63, 3.8) is 0 Å². The van der Waals surface area contributed by atoms with E-state index in [-0.39, 0.29) is 11.5 Å². The third-order valence-electron chi connectivity index (χ3n) is 4.95. The molecule has 4 aromatic rings. The minimum atomic E-state index is -3.37. The maximum Gasteiger partial charge on any atom is 0.232 e. The van der Waals surface area contributed by atoms with Crippen molar-refractivity contribution in [3.05, 3.63) is 103 Å². The molecule has 2 aromatic heterocycles. The van der Waals surface area contributed by atoms with E-state index in [4.69, 9.17) is 5.10 Å². The molecule has 0 unspecified atom stereocenters. The molecule has 0 amide bonds. The second-order valence-electron chi connectivity index (χ2n) is 7.23. The van der Waals surface area contributed by atoms with Crippen molar-refractivity contribution in [2.75, 3.05) is 10.5 Å². The highest BCUT2D eigenvalue weighted by Crippen LogP contribution is 2.24. The quantitative estimate of drug-likeness (QED) is 0.308. The normalized spacial score (nSPS) is 11.5. The Balaban J connectivity index is 1.60. The van der Waals surface area contributed by atoms with Crippen LogP contribution in [0.3, 0.4) is 0 Å². The van der Waals surface area contributed by atoms with Gasteiger partial charge in [0, 0.05) is 41.0 Å². The number of hydrogen-bond donors (Lipinski definition) is 1. The first kappa shape index (κ1) is 22.2. The van der Waals surface area contributed by atoms with Gasteiger partial charge in [0.05, 0.1) is 11.4 Å². The first-order valence-electron chi connectivity index (χ1n) is 10.3. The Hall–Kier alpha value is -4.04. The number of pyridine rings is 1. The molecular formula is C25H22N4O3S. The van der Waals surface area contributed by atoms with E-state index in [9.17, 15) is 13.2 Å². The molecule has 0 radical (unpaired) electrons. The van der Waals surface area contributed by atoms with Crippen LogP contribution in [-0.4, -0.2) is 34.7 Å². The molecule has 0 bridgehead atoms. The molecule has 0 aliphatic rings. The molecule has 33 heavy (non-hydrogen) atoms. The van der Waals surface area contributed by atoms with Crippen molar-refractivity contribution < 1.29 is 13.2 Å². The summed E-state index contributed by atoms with van der Waals surface area (Å²) in [7, 11) is -3.37. The maximum absolute atomic E-state index is 12.7. The van der Waals surface area contributed by atoms with E-state index >= 15 is 0 Å². The molecule has 0 aliphatic carbocycles. The summed E-state index contributed by atoms with van der Waals surface area (Å²) in [5, 5.41) is 4.72. The lowest BCUT2D eigenvalue weighted by Gasteiger charge is -2.06. The molecule has 2 heterocycles. The van der Waals surface area contributed by atoms with Gasteiger partial charge in [-0.25, -0.2) is 13.1 Å². The smallest absolute Gasteiger partial charge is 0.232 e. The molecule has 0 atom stereocenters. The second-order valence-corrected chi connectivity index (χ2v) is 9.24. The number of allylic oxidation sites excluding steroid dienone is 1. The number of sulfonamides is 1. The van der Waals surface area contributed by atoms with Crippen LogP contribution in [0.4, 0.5) is 5.69 Å². The van der Waals surface area contributed by atoms with Crippen molar-refractivity contribution >= 4 is 27.6 Å². The van der Waals surface area contributed by atoms with Crippen molar-refractivity contribution in [2.45, 2.75) is 6.92 Å². The number of para-hydroxylation sites is 1. The summed E-state index contributed by atoms with van der Waals surface area (Å²) in [5.41, 5.74) is 4.18. The summed E-state index contributed by atoms with van der Waals surface area (Å²) in [6.07, 6.45) is 8.49. The largest absolute Gasteiger partial charge is 0.289 e. The molecule has 0 saturated carbocycles. The van der Waals surface area contributed by atoms with E-state index in [1.54, 1.807) is 54.3 Å². The van der Waals surface area contributed by atoms with Gasteiger partial charge in [-0.15, -0.1) is 0 Å². The fourth-order valence-electron chi connectivity index (χ4n) is 3.17. The Morgan fingerprint density at radius 2 is 1.70 bits per heavy atom. The van der Waals surface area contributed by atoms with E-state index in [0.717, 1.165) is 22.5 Å². The van der Waals surface area contributed by atoms with Gasteiger partial charge in [-0.05, 0) is 67.6 Å². The van der Waals surface area contributed by atoms with Crippen LogP contribution in [0.15, 0.2) is 91.4 Å². The summed E-state index contributed by atoms with van der Waals surface area (Å²) >= 11 is 0. The van der Waals surface area contributed by atoms with Crippen LogP contribution in [0.2, 0.25) is 0 Å². The lowest BCUT2D eigenvalue weighted by Crippen LogP contribution is -2.14. The van der Waals surface area contributed by atoms with Gasteiger partial charge in [0.25, 0.3) is 0 Å². The first-order valence-corrected chi connectivity index (χ1v) is 12.0. The Kier molecular flexibility index (Phi) is 6.46. The van der Waals surface area contributed by atoms with Gasteiger partial charge in [-0.1, -0.05) is 18.2 Å². The van der Waals surface area contributed by atoms with E-state index in [1.165, 1.54) is 6.08 Å². The van der Waals surface area contributed by atoms with Crippen molar-refractivity contribution in [2.24, 2.45) is 0 Å². The summed E-state index contributed by atoms with van der Waals surface area (Å²) < 4.78 is 27.6. The van der Waals surface area contributed by atoms with E-state index in [2.05, 4.69) is 9.71 Å². The van der Waals surface area contributed by atoms with Gasteiger partial charge >= 0.3 is 0 Å². The molecular weight excluding hydrogens is 436 g/mol. The van der Waals surface area contributed by atoms with E-state index in [1.807, 2.05) is 48.7 Å². The third-order valence-corrected chi connectivity index (χ3v) is 6.26. The fraction of sp³-hybridized carbons (Fsp3) is 0.0800. The molecule has 1 N–H and O–H groups in total. The van der Waals surface area contributed by atoms with Crippen molar-refractivity contribution in [3.8, 4) is 16.9 Å².